The molecule has 0 unspecified atom stereocenters. The van der Waals surface area contributed by atoms with Gasteiger partial charge in [-0.05, 0) is 0 Å². The molecule has 0 aliphatic carbocycles. The molecule has 0 saturated heterocycles. The Morgan fingerprint density at radius 3 is 2.85 bits per heavy atom. The number of aromatic nitrogens is 2. The zero-order valence-electron chi connectivity index (χ0n) is 6.66. The molecular formula is C6H8ClF2N3S. The van der Waals surface area contributed by atoms with Crippen LogP contribution in [0.1, 0.15) is 0 Å². The number of nitrogens with zero attached hydrogens (tertiary/aromatic N) is 3. The maximum atomic E-state index is 12.1. The second-order valence-electron chi connectivity index (χ2n) is 2.25. The van der Waals surface area contributed by atoms with Crippen molar-refractivity contribution in [1.82, 2.24) is 10.2 Å². The standard InChI is InChI=1S/C6H8ClF2N3S/c7-1-2-12(3-5(8)9)6-11-10-4-13-6/h4-5H,1-3H2. The van der Waals surface area contributed by atoms with Gasteiger partial charge in [-0.3, -0.25) is 0 Å². The van der Waals surface area contributed by atoms with E-state index >= 15 is 0 Å². The van der Waals surface area contributed by atoms with Gasteiger partial charge in [-0.25, -0.2) is 8.78 Å². The normalized spacial score (nSPS) is 10.8. The monoisotopic (exact) mass is 227 g/mol. The fourth-order valence-electron chi connectivity index (χ4n) is 0.839. The first-order chi connectivity index (χ1) is 6.24. The first-order valence-corrected chi connectivity index (χ1v) is 5.00. The van der Waals surface area contributed by atoms with E-state index in [4.69, 9.17) is 11.6 Å². The molecule has 0 spiro atoms. The molecule has 1 aromatic heterocycles. The highest BCUT2D eigenvalue weighted by Crippen LogP contribution is 2.16. The van der Waals surface area contributed by atoms with E-state index in [-0.39, 0.29) is 6.54 Å². The van der Waals surface area contributed by atoms with E-state index in [0.29, 0.717) is 17.6 Å². The van der Waals surface area contributed by atoms with Crippen molar-refractivity contribution in [3.8, 4) is 0 Å². The zero-order valence-corrected chi connectivity index (χ0v) is 8.23. The molecule has 1 heterocycles. The van der Waals surface area contributed by atoms with Crippen LogP contribution in [0.15, 0.2) is 5.51 Å². The van der Waals surface area contributed by atoms with Gasteiger partial charge in [0, 0.05) is 12.4 Å². The lowest BCUT2D eigenvalue weighted by Crippen LogP contribution is -2.30. The van der Waals surface area contributed by atoms with Crippen LogP contribution in [0.2, 0.25) is 0 Å². The largest absolute Gasteiger partial charge is 0.340 e. The maximum Gasteiger partial charge on any atom is 0.255 e. The summed E-state index contributed by atoms with van der Waals surface area (Å²) in [5.74, 6) is 0.298. The Morgan fingerprint density at radius 1 is 1.62 bits per heavy atom. The average molecular weight is 228 g/mol. The zero-order chi connectivity index (χ0) is 9.68. The quantitative estimate of drug-likeness (QED) is 0.719. The van der Waals surface area contributed by atoms with Gasteiger partial charge in [0.25, 0.3) is 6.43 Å². The molecule has 0 radical (unpaired) electrons. The molecule has 0 bridgehead atoms. The molecule has 7 heteroatoms. The van der Waals surface area contributed by atoms with Gasteiger partial charge in [0.15, 0.2) is 0 Å². The van der Waals surface area contributed by atoms with E-state index < -0.39 is 6.43 Å². The Hall–Kier alpha value is -0.490. The van der Waals surface area contributed by atoms with Crippen molar-refractivity contribution in [2.24, 2.45) is 0 Å². The molecule has 0 aliphatic rings. The van der Waals surface area contributed by atoms with E-state index in [1.54, 1.807) is 0 Å². The molecule has 0 aliphatic heterocycles. The summed E-state index contributed by atoms with van der Waals surface area (Å²) in [5.41, 5.74) is 1.50. The second kappa shape index (κ2) is 5.29. The lowest BCUT2D eigenvalue weighted by atomic mass is 10.5. The van der Waals surface area contributed by atoms with Gasteiger partial charge in [-0.15, -0.1) is 21.8 Å². The Kier molecular flexibility index (Phi) is 4.31. The van der Waals surface area contributed by atoms with Gasteiger partial charge < -0.3 is 4.90 Å². The summed E-state index contributed by atoms with van der Waals surface area (Å²) in [6, 6.07) is 0. The Bertz CT molecular complexity index is 232. The van der Waals surface area contributed by atoms with E-state index in [1.165, 1.54) is 21.7 Å². The van der Waals surface area contributed by atoms with Crippen LogP contribution in [0.4, 0.5) is 13.9 Å². The molecule has 0 aromatic carbocycles. The molecule has 0 atom stereocenters. The summed E-state index contributed by atoms with van der Waals surface area (Å²) in [5, 5.41) is 7.75. The number of alkyl halides is 3. The molecule has 74 valence electrons. The van der Waals surface area contributed by atoms with E-state index in [1.807, 2.05) is 0 Å². The van der Waals surface area contributed by atoms with Crippen LogP contribution in [0.5, 0.6) is 0 Å². The summed E-state index contributed by atoms with van der Waals surface area (Å²) in [7, 11) is 0. The fraction of sp³-hybridized carbons (Fsp3) is 0.667. The molecular weight excluding hydrogens is 220 g/mol. The first kappa shape index (κ1) is 10.6. The number of rotatable bonds is 5. The highest BCUT2D eigenvalue weighted by molar-refractivity contribution is 7.13. The van der Waals surface area contributed by atoms with Crippen LogP contribution in [-0.2, 0) is 0 Å². The summed E-state index contributed by atoms with van der Waals surface area (Å²) in [4.78, 5) is 1.43. The van der Waals surface area contributed by atoms with Crippen molar-refractivity contribution in [2.75, 3.05) is 23.9 Å². The van der Waals surface area contributed by atoms with Crippen molar-refractivity contribution in [3.05, 3.63) is 5.51 Å². The summed E-state index contributed by atoms with van der Waals surface area (Å²) in [6.45, 7) is 0.0169. The van der Waals surface area contributed by atoms with Crippen molar-refractivity contribution in [3.63, 3.8) is 0 Å². The minimum atomic E-state index is -2.38. The minimum Gasteiger partial charge on any atom is -0.340 e. The summed E-state index contributed by atoms with van der Waals surface area (Å²) < 4.78 is 24.1. The van der Waals surface area contributed by atoms with Crippen molar-refractivity contribution < 1.29 is 8.78 Å². The number of halogens is 3. The second-order valence-corrected chi connectivity index (χ2v) is 3.44. The maximum absolute atomic E-state index is 12.1. The molecule has 0 fully saturated rings. The Morgan fingerprint density at radius 2 is 2.38 bits per heavy atom. The molecule has 0 amide bonds. The van der Waals surface area contributed by atoms with Crippen molar-refractivity contribution in [1.29, 1.82) is 0 Å². The lowest BCUT2D eigenvalue weighted by molar-refractivity contribution is 0.155. The third-order valence-corrected chi connectivity index (χ3v) is 2.25. The van der Waals surface area contributed by atoms with Crippen molar-refractivity contribution >= 4 is 28.1 Å². The minimum absolute atomic E-state index is 0.298. The topological polar surface area (TPSA) is 29.0 Å². The fourth-order valence-corrected chi connectivity index (χ4v) is 1.64. The highest BCUT2D eigenvalue weighted by Gasteiger charge is 2.14. The molecule has 1 rings (SSSR count). The van der Waals surface area contributed by atoms with E-state index in [0.717, 1.165) is 0 Å². The third kappa shape index (κ3) is 3.40. The van der Waals surface area contributed by atoms with Gasteiger partial charge in [0.1, 0.15) is 5.51 Å². The lowest BCUT2D eigenvalue weighted by Gasteiger charge is -2.18. The van der Waals surface area contributed by atoms with Gasteiger partial charge >= 0.3 is 0 Å². The SMILES string of the molecule is FC(F)CN(CCCl)c1nncs1. The Balaban J connectivity index is 2.57. The average Bonchev–Trinajstić information content (AvgIpc) is 2.54. The van der Waals surface area contributed by atoms with E-state index in [2.05, 4.69) is 10.2 Å². The Labute approximate surface area is 83.3 Å². The highest BCUT2D eigenvalue weighted by atomic mass is 35.5. The van der Waals surface area contributed by atoms with Crippen LogP contribution < -0.4 is 4.90 Å². The number of hydrogen-bond acceptors (Lipinski definition) is 4. The van der Waals surface area contributed by atoms with Gasteiger partial charge in [-0.1, -0.05) is 11.3 Å². The number of anilines is 1. The third-order valence-electron chi connectivity index (χ3n) is 1.33. The van der Waals surface area contributed by atoms with Crippen LogP contribution in [0.3, 0.4) is 0 Å². The predicted octanol–water partition coefficient (Wildman–Crippen LogP) is 1.85. The molecule has 13 heavy (non-hydrogen) atoms. The van der Waals surface area contributed by atoms with Gasteiger partial charge in [0.05, 0.1) is 6.54 Å². The smallest absolute Gasteiger partial charge is 0.255 e. The first-order valence-electron chi connectivity index (χ1n) is 3.59. The predicted molar refractivity (Wildman–Crippen MR) is 48.8 cm³/mol. The van der Waals surface area contributed by atoms with Crippen LogP contribution in [0, 0.1) is 0 Å². The molecule has 1 aromatic rings. The van der Waals surface area contributed by atoms with E-state index in [9.17, 15) is 8.78 Å². The molecule has 0 saturated carbocycles. The molecule has 0 N–H and O–H groups in total. The van der Waals surface area contributed by atoms with Crippen molar-refractivity contribution in [2.45, 2.75) is 6.43 Å². The molecule has 3 nitrogen and oxygen atoms in total. The van der Waals surface area contributed by atoms with Crippen LogP contribution in [0.25, 0.3) is 0 Å². The summed E-state index contributed by atoms with van der Waals surface area (Å²) in [6.07, 6.45) is -2.38. The summed E-state index contributed by atoms with van der Waals surface area (Å²) >= 11 is 6.69. The van der Waals surface area contributed by atoms with Gasteiger partial charge in [-0.2, -0.15) is 0 Å². The number of hydrogen-bond donors (Lipinski definition) is 0. The van der Waals surface area contributed by atoms with Crippen LogP contribution in [-0.4, -0.2) is 35.6 Å². The van der Waals surface area contributed by atoms with Gasteiger partial charge in [0.2, 0.25) is 5.13 Å². The van der Waals surface area contributed by atoms with Crippen LogP contribution >= 0.6 is 22.9 Å².